The molecule has 0 spiro atoms. The number of hydrogen-bond acceptors (Lipinski definition) is 4. The predicted molar refractivity (Wildman–Crippen MR) is 62.8 cm³/mol. The zero-order valence-electron chi connectivity index (χ0n) is 8.87. The molecule has 1 atom stereocenters. The molecule has 1 aromatic heterocycles. The first-order valence-corrected chi connectivity index (χ1v) is 6.40. The lowest BCUT2D eigenvalue weighted by molar-refractivity contribution is 0.100. The second-order valence-electron chi connectivity index (χ2n) is 3.86. The van der Waals surface area contributed by atoms with Crippen LogP contribution in [0.1, 0.15) is 24.8 Å². The molecule has 17 heavy (non-hydrogen) atoms. The topological polar surface area (TPSA) is 39.9 Å². The Balaban J connectivity index is 2.33. The molecule has 1 unspecified atom stereocenters. The van der Waals surface area contributed by atoms with Crippen LogP contribution in [0.4, 0.5) is 13.8 Å². The number of aromatic nitrogens is 1. The molecule has 0 amide bonds. The van der Waals surface area contributed by atoms with Crippen LogP contribution in [0.3, 0.4) is 0 Å². The summed E-state index contributed by atoms with van der Waals surface area (Å²) in [6, 6.07) is 1.10. The number of anilines is 1. The standard InChI is InChI=1S/C10H10ClF2N3S/c11-8-6(5-14)10(17-15-8)16-4-2-1-3-7(16)9(12)13/h7,9H,1-4H2. The minimum Gasteiger partial charge on any atom is -0.352 e. The number of nitrogens with zero attached hydrogens (tertiary/aromatic N) is 3. The molecule has 1 saturated heterocycles. The molecule has 0 N–H and O–H groups in total. The summed E-state index contributed by atoms with van der Waals surface area (Å²) in [6.07, 6.45) is -0.329. The second kappa shape index (κ2) is 5.15. The number of piperidine rings is 1. The van der Waals surface area contributed by atoms with E-state index in [0.29, 0.717) is 18.0 Å². The third-order valence-corrected chi connectivity index (χ3v) is 4.10. The van der Waals surface area contributed by atoms with Crippen molar-refractivity contribution in [2.45, 2.75) is 31.7 Å². The maximum atomic E-state index is 12.9. The normalized spacial score (nSPS) is 20.6. The van der Waals surface area contributed by atoms with Gasteiger partial charge in [0, 0.05) is 6.54 Å². The molecule has 1 aromatic rings. The van der Waals surface area contributed by atoms with E-state index in [0.717, 1.165) is 24.4 Å². The fourth-order valence-electron chi connectivity index (χ4n) is 2.02. The van der Waals surface area contributed by atoms with Crippen molar-refractivity contribution in [3.63, 3.8) is 0 Å². The highest BCUT2D eigenvalue weighted by atomic mass is 35.5. The molecule has 1 fully saturated rings. The van der Waals surface area contributed by atoms with Crippen molar-refractivity contribution in [3.8, 4) is 6.07 Å². The Kier molecular flexibility index (Phi) is 3.79. The molecule has 92 valence electrons. The smallest absolute Gasteiger partial charge is 0.258 e. The van der Waals surface area contributed by atoms with Crippen LogP contribution in [-0.4, -0.2) is 23.4 Å². The summed E-state index contributed by atoms with van der Waals surface area (Å²) in [7, 11) is 0. The number of alkyl halides is 2. The van der Waals surface area contributed by atoms with E-state index in [2.05, 4.69) is 4.37 Å². The summed E-state index contributed by atoms with van der Waals surface area (Å²) >= 11 is 6.77. The highest BCUT2D eigenvalue weighted by Crippen LogP contribution is 2.36. The summed E-state index contributed by atoms with van der Waals surface area (Å²) in [4.78, 5) is 1.58. The zero-order valence-corrected chi connectivity index (χ0v) is 10.4. The van der Waals surface area contributed by atoms with Crippen molar-refractivity contribution < 1.29 is 8.78 Å². The van der Waals surface area contributed by atoms with Gasteiger partial charge in [0.1, 0.15) is 16.6 Å². The van der Waals surface area contributed by atoms with E-state index in [-0.39, 0.29) is 10.7 Å². The summed E-state index contributed by atoms with van der Waals surface area (Å²) in [5.41, 5.74) is 0.212. The van der Waals surface area contributed by atoms with Crippen LogP contribution in [0.25, 0.3) is 0 Å². The van der Waals surface area contributed by atoms with Crippen LogP contribution in [-0.2, 0) is 0 Å². The van der Waals surface area contributed by atoms with Gasteiger partial charge in [-0.3, -0.25) is 0 Å². The van der Waals surface area contributed by atoms with Gasteiger partial charge >= 0.3 is 0 Å². The molecule has 3 nitrogen and oxygen atoms in total. The monoisotopic (exact) mass is 277 g/mol. The first kappa shape index (κ1) is 12.5. The van der Waals surface area contributed by atoms with E-state index in [9.17, 15) is 8.78 Å². The Morgan fingerprint density at radius 1 is 1.53 bits per heavy atom. The Morgan fingerprint density at radius 3 is 2.94 bits per heavy atom. The van der Waals surface area contributed by atoms with Gasteiger partial charge in [-0.1, -0.05) is 11.6 Å². The Morgan fingerprint density at radius 2 is 2.29 bits per heavy atom. The molecule has 2 rings (SSSR count). The van der Waals surface area contributed by atoms with Gasteiger partial charge in [-0.05, 0) is 30.8 Å². The fraction of sp³-hybridized carbons (Fsp3) is 0.600. The predicted octanol–water partition coefficient (Wildman–Crippen LogP) is 3.29. The minimum absolute atomic E-state index is 0.103. The maximum Gasteiger partial charge on any atom is 0.258 e. The number of hydrogen-bond donors (Lipinski definition) is 0. The van der Waals surface area contributed by atoms with Crippen LogP contribution < -0.4 is 4.90 Å². The van der Waals surface area contributed by atoms with Gasteiger partial charge in [-0.2, -0.15) is 9.64 Å². The van der Waals surface area contributed by atoms with Crippen LogP contribution in [0.5, 0.6) is 0 Å². The molecule has 1 aliphatic heterocycles. The van der Waals surface area contributed by atoms with E-state index in [1.807, 2.05) is 6.07 Å². The van der Waals surface area contributed by atoms with Crippen molar-refractivity contribution in [2.75, 3.05) is 11.4 Å². The van der Waals surface area contributed by atoms with Gasteiger partial charge in [0.15, 0.2) is 5.15 Å². The molecule has 0 saturated carbocycles. The van der Waals surface area contributed by atoms with Gasteiger partial charge in [-0.15, -0.1) is 0 Å². The highest BCUT2D eigenvalue weighted by molar-refractivity contribution is 7.10. The molecule has 7 heteroatoms. The van der Waals surface area contributed by atoms with Gasteiger partial charge < -0.3 is 4.90 Å². The molecule has 0 radical (unpaired) electrons. The number of nitriles is 1. The van der Waals surface area contributed by atoms with Gasteiger partial charge in [0.25, 0.3) is 6.43 Å². The van der Waals surface area contributed by atoms with Crippen molar-refractivity contribution in [1.29, 1.82) is 5.26 Å². The molecule has 0 aliphatic carbocycles. The molecular weight excluding hydrogens is 268 g/mol. The van der Waals surface area contributed by atoms with Crippen molar-refractivity contribution in [1.82, 2.24) is 4.37 Å². The van der Waals surface area contributed by atoms with Gasteiger partial charge in [0.2, 0.25) is 0 Å². The largest absolute Gasteiger partial charge is 0.352 e. The first-order chi connectivity index (χ1) is 8.15. The van der Waals surface area contributed by atoms with Gasteiger partial charge in [-0.25, -0.2) is 8.78 Å². The lowest BCUT2D eigenvalue weighted by Crippen LogP contribution is -2.44. The summed E-state index contributed by atoms with van der Waals surface area (Å²) in [5.74, 6) is 0. The third-order valence-electron chi connectivity index (χ3n) is 2.85. The minimum atomic E-state index is -2.41. The van der Waals surface area contributed by atoms with E-state index in [1.165, 1.54) is 0 Å². The highest BCUT2D eigenvalue weighted by Gasteiger charge is 2.33. The van der Waals surface area contributed by atoms with Crippen LogP contribution >= 0.6 is 23.1 Å². The Labute approximate surface area is 107 Å². The number of halogens is 3. The van der Waals surface area contributed by atoms with E-state index < -0.39 is 12.5 Å². The molecule has 0 bridgehead atoms. The van der Waals surface area contributed by atoms with Crippen LogP contribution in [0.2, 0.25) is 5.15 Å². The average molecular weight is 278 g/mol. The molecular formula is C10H10ClF2N3S. The van der Waals surface area contributed by atoms with Crippen LogP contribution in [0, 0.1) is 11.3 Å². The maximum absolute atomic E-state index is 12.9. The third kappa shape index (κ3) is 2.35. The molecule has 0 aromatic carbocycles. The van der Waals surface area contributed by atoms with E-state index >= 15 is 0 Å². The average Bonchev–Trinajstić information content (AvgIpc) is 2.70. The SMILES string of the molecule is N#Cc1c(Cl)nsc1N1CCCCC1C(F)F. The summed E-state index contributed by atoms with van der Waals surface area (Å²) < 4.78 is 29.7. The fourth-order valence-corrected chi connectivity index (χ4v) is 3.14. The Bertz CT molecular complexity index is 443. The summed E-state index contributed by atoms with van der Waals surface area (Å²) in [5, 5.41) is 9.54. The van der Waals surface area contributed by atoms with Crippen molar-refractivity contribution >= 4 is 28.1 Å². The van der Waals surface area contributed by atoms with Crippen molar-refractivity contribution in [3.05, 3.63) is 10.7 Å². The van der Waals surface area contributed by atoms with E-state index in [1.54, 1.807) is 4.90 Å². The Hall–Kier alpha value is -0.930. The number of rotatable bonds is 2. The molecule has 2 heterocycles. The zero-order chi connectivity index (χ0) is 12.4. The van der Waals surface area contributed by atoms with Gasteiger partial charge in [0.05, 0.1) is 6.04 Å². The second-order valence-corrected chi connectivity index (χ2v) is 4.97. The lowest BCUT2D eigenvalue weighted by Gasteiger charge is -2.35. The van der Waals surface area contributed by atoms with E-state index in [4.69, 9.17) is 16.9 Å². The summed E-state index contributed by atoms with van der Waals surface area (Å²) in [6.45, 7) is 0.530. The van der Waals surface area contributed by atoms with Crippen LogP contribution in [0.15, 0.2) is 0 Å². The lowest BCUT2D eigenvalue weighted by atomic mass is 10.0. The van der Waals surface area contributed by atoms with Crippen molar-refractivity contribution in [2.24, 2.45) is 0 Å². The molecule has 1 aliphatic rings. The first-order valence-electron chi connectivity index (χ1n) is 5.25. The quantitative estimate of drug-likeness (QED) is 0.833.